The van der Waals surface area contributed by atoms with Gasteiger partial charge in [-0.05, 0) is 88.7 Å². The lowest BCUT2D eigenvalue weighted by molar-refractivity contribution is -0.140. The Kier molecular flexibility index (Phi) is 10.7. The summed E-state index contributed by atoms with van der Waals surface area (Å²) in [7, 11) is -4.16. The third-order valence-corrected chi connectivity index (χ3v) is 8.58. The number of carbonyl (C=O) groups is 2. The molecule has 1 N–H and O–H groups in total. The van der Waals surface area contributed by atoms with Gasteiger partial charge in [0, 0.05) is 12.1 Å². The van der Waals surface area contributed by atoms with Crippen LogP contribution in [0.5, 0.6) is 5.75 Å². The lowest BCUT2D eigenvalue weighted by atomic mass is 10.1. The Morgan fingerprint density at radius 1 is 0.951 bits per heavy atom. The van der Waals surface area contributed by atoms with Crippen LogP contribution >= 0.6 is 23.2 Å². The van der Waals surface area contributed by atoms with E-state index < -0.39 is 34.1 Å². The molecule has 0 bridgehead atoms. The summed E-state index contributed by atoms with van der Waals surface area (Å²) < 4.78 is 34.2. The van der Waals surface area contributed by atoms with Crippen molar-refractivity contribution in [2.24, 2.45) is 0 Å². The maximum absolute atomic E-state index is 14.0. The van der Waals surface area contributed by atoms with Gasteiger partial charge >= 0.3 is 0 Å². The average molecular weight is 621 g/mol. The number of hydrogen-bond donors (Lipinski definition) is 1. The second kappa shape index (κ2) is 13.6. The first kappa shape index (κ1) is 32.2. The normalized spacial score (nSPS) is 12.4. The van der Waals surface area contributed by atoms with Gasteiger partial charge in [0.15, 0.2) is 0 Å². The zero-order valence-electron chi connectivity index (χ0n) is 23.7. The molecule has 0 heterocycles. The Hall–Kier alpha value is -3.27. The number of halogens is 2. The number of anilines is 1. The number of nitrogens with one attached hydrogen (secondary N) is 1. The third kappa shape index (κ3) is 8.61. The molecule has 1 atom stereocenters. The fourth-order valence-electron chi connectivity index (χ4n) is 4.02. The van der Waals surface area contributed by atoms with Gasteiger partial charge in [0.05, 0.1) is 27.2 Å². The van der Waals surface area contributed by atoms with Gasteiger partial charge in [-0.3, -0.25) is 13.9 Å². The Morgan fingerprint density at radius 3 is 2.15 bits per heavy atom. The highest BCUT2D eigenvalue weighted by Gasteiger charge is 2.33. The molecule has 11 heteroatoms. The standard InChI is InChI=1S/C30H35Cl2N3O5S/c1-6-40-24-15-13-23(14-16-24)35(41(38,39)25-10-8-7-9-11-25)20-28(36)34(21(2)29(37)33-30(3,4)5)19-22-12-17-26(31)27(32)18-22/h7-18,21H,6,19-20H2,1-5H3,(H,33,37)/t21-/m0/s1. The van der Waals surface area contributed by atoms with Crippen LogP contribution in [0, 0.1) is 0 Å². The minimum atomic E-state index is -4.16. The minimum absolute atomic E-state index is 0.00302. The summed E-state index contributed by atoms with van der Waals surface area (Å²) in [6.07, 6.45) is 0. The number of hydrogen-bond acceptors (Lipinski definition) is 5. The van der Waals surface area contributed by atoms with Crippen LogP contribution in [0.3, 0.4) is 0 Å². The first-order valence-corrected chi connectivity index (χ1v) is 15.3. The summed E-state index contributed by atoms with van der Waals surface area (Å²) in [6.45, 7) is 8.84. The number of benzene rings is 3. The van der Waals surface area contributed by atoms with E-state index in [0.29, 0.717) is 28.0 Å². The molecule has 3 aromatic rings. The predicted octanol–water partition coefficient (Wildman–Crippen LogP) is 5.92. The van der Waals surface area contributed by atoms with E-state index in [0.717, 1.165) is 4.31 Å². The van der Waals surface area contributed by atoms with E-state index in [9.17, 15) is 18.0 Å². The van der Waals surface area contributed by atoms with Gasteiger partial charge < -0.3 is 15.0 Å². The van der Waals surface area contributed by atoms with Gasteiger partial charge in [-0.1, -0.05) is 47.5 Å². The Balaban J connectivity index is 2.04. The van der Waals surface area contributed by atoms with Crippen LogP contribution in [0.25, 0.3) is 0 Å². The van der Waals surface area contributed by atoms with Gasteiger partial charge in [-0.15, -0.1) is 0 Å². The molecule has 41 heavy (non-hydrogen) atoms. The third-order valence-electron chi connectivity index (χ3n) is 6.05. The van der Waals surface area contributed by atoms with Crippen LogP contribution in [-0.2, 0) is 26.2 Å². The van der Waals surface area contributed by atoms with Crippen molar-refractivity contribution >= 4 is 50.7 Å². The van der Waals surface area contributed by atoms with Gasteiger partial charge in [-0.25, -0.2) is 8.42 Å². The second-order valence-electron chi connectivity index (χ2n) is 10.4. The van der Waals surface area contributed by atoms with Crippen molar-refractivity contribution in [3.05, 3.63) is 88.4 Å². The molecule has 0 aliphatic carbocycles. The van der Waals surface area contributed by atoms with Crippen molar-refractivity contribution in [3.63, 3.8) is 0 Å². The van der Waals surface area contributed by atoms with Gasteiger partial charge in [0.1, 0.15) is 18.3 Å². The fourth-order valence-corrected chi connectivity index (χ4v) is 5.77. The Labute approximate surface area is 252 Å². The quantitative estimate of drug-likeness (QED) is 0.287. The van der Waals surface area contributed by atoms with Crippen LogP contribution in [0.2, 0.25) is 10.0 Å². The smallest absolute Gasteiger partial charge is 0.264 e. The highest BCUT2D eigenvalue weighted by atomic mass is 35.5. The number of ether oxygens (including phenoxy) is 1. The van der Waals surface area contributed by atoms with Gasteiger partial charge in [-0.2, -0.15) is 0 Å². The number of carbonyl (C=O) groups excluding carboxylic acids is 2. The van der Waals surface area contributed by atoms with E-state index in [1.54, 1.807) is 67.6 Å². The first-order valence-electron chi connectivity index (χ1n) is 13.1. The Bertz CT molecular complexity index is 1460. The number of nitrogens with zero attached hydrogens (tertiary/aromatic N) is 2. The molecule has 220 valence electrons. The van der Waals surface area contributed by atoms with E-state index >= 15 is 0 Å². The van der Waals surface area contributed by atoms with Crippen LogP contribution in [-0.4, -0.2) is 49.9 Å². The summed E-state index contributed by atoms with van der Waals surface area (Å²) in [5.41, 5.74) is 0.350. The molecule has 2 amide bonds. The van der Waals surface area contributed by atoms with E-state index in [-0.39, 0.29) is 23.0 Å². The summed E-state index contributed by atoms with van der Waals surface area (Å²) in [5.74, 6) is -0.404. The topological polar surface area (TPSA) is 96.0 Å². The monoisotopic (exact) mass is 619 g/mol. The van der Waals surface area contributed by atoms with E-state index in [2.05, 4.69) is 5.32 Å². The zero-order valence-corrected chi connectivity index (χ0v) is 26.1. The maximum atomic E-state index is 14.0. The molecule has 8 nitrogen and oxygen atoms in total. The van der Waals surface area contributed by atoms with Crippen molar-refractivity contribution in [2.45, 2.75) is 57.6 Å². The lowest BCUT2D eigenvalue weighted by Crippen LogP contribution is -2.54. The molecular weight excluding hydrogens is 585 g/mol. The SMILES string of the molecule is CCOc1ccc(N(CC(=O)N(Cc2ccc(Cl)c(Cl)c2)[C@@H](C)C(=O)NC(C)(C)C)S(=O)(=O)c2ccccc2)cc1. The fraction of sp³-hybridized carbons (Fsp3) is 0.333. The largest absolute Gasteiger partial charge is 0.494 e. The molecule has 0 aliphatic rings. The highest BCUT2D eigenvalue weighted by molar-refractivity contribution is 7.92. The van der Waals surface area contributed by atoms with Gasteiger partial charge in [0.25, 0.3) is 10.0 Å². The molecular formula is C30H35Cl2N3O5S. The van der Waals surface area contributed by atoms with E-state index in [1.807, 2.05) is 27.7 Å². The van der Waals surface area contributed by atoms with Crippen LogP contribution in [0.1, 0.15) is 40.2 Å². The van der Waals surface area contributed by atoms with Crippen molar-refractivity contribution in [3.8, 4) is 5.75 Å². The number of rotatable bonds is 11. The highest BCUT2D eigenvalue weighted by Crippen LogP contribution is 2.27. The summed E-state index contributed by atoms with van der Waals surface area (Å²) >= 11 is 12.3. The summed E-state index contributed by atoms with van der Waals surface area (Å²) in [5, 5.41) is 3.54. The molecule has 3 aromatic carbocycles. The molecule has 0 unspecified atom stereocenters. The average Bonchev–Trinajstić information content (AvgIpc) is 2.92. The molecule has 0 saturated carbocycles. The predicted molar refractivity (Wildman–Crippen MR) is 163 cm³/mol. The first-order chi connectivity index (χ1) is 19.2. The van der Waals surface area contributed by atoms with Crippen molar-refractivity contribution in [2.75, 3.05) is 17.5 Å². The molecule has 3 rings (SSSR count). The summed E-state index contributed by atoms with van der Waals surface area (Å²) in [6, 6.07) is 18.3. The van der Waals surface area contributed by atoms with Crippen LogP contribution in [0.15, 0.2) is 77.7 Å². The van der Waals surface area contributed by atoms with E-state index in [1.165, 1.54) is 17.0 Å². The molecule has 0 saturated heterocycles. The molecule has 0 fully saturated rings. The molecule has 0 radical (unpaired) electrons. The van der Waals surface area contributed by atoms with E-state index in [4.69, 9.17) is 27.9 Å². The molecule has 0 aliphatic heterocycles. The van der Waals surface area contributed by atoms with Crippen molar-refractivity contribution in [1.82, 2.24) is 10.2 Å². The second-order valence-corrected chi connectivity index (χ2v) is 13.1. The van der Waals surface area contributed by atoms with Crippen LogP contribution < -0.4 is 14.4 Å². The minimum Gasteiger partial charge on any atom is -0.494 e. The van der Waals surface area contributed by atoms with Crippen molar-refractivity contribution < 1.29 is 22.7 Å². The molecule has 0 aromatic heterocycles. The number of sulfonamides is 1. The Morgan fingerprint density at radius 2 is 1.59 bits per heavy atom. The maximum Gasteiger partial charge on any atom is 0.264 e. The summed E-state index contributed by atoms with van der Waals surface area (Å²) in [4.78, 5) is 28.5. The van der Waals surface area contributed by atoms with Crippen LogP contribution in [0.4, 0.5) is 5.69 Å². The van der Waals surface area contributed by atoms with Gasteiger partial charge in [0.2, 0.25) is 11.8 Å². The lowest BCUT2D eigenvalue weighted by Gasteiger charge is -2.33. The zero-order chi connectivity index (χ0) is 30.4. The van der Waals surface area contributed by atoms with Crippen molar-refractivity contribution in [1.29, 1.82) is 0 Å². The number of amides is 2. The molecule has 0 spiro atoms.